The van der Waals surface area contributed by atoms with Crippen molar-refractivity contribution < 1.29 is 27.5 Å². The lowest BCUT2D eigenvalue weighted by molar-refractivity contribution is 0.0825. The summed E-state index contributed by atoms with van der Waals surface area (Å²) in [4.78, 5) is 16.8. The van der Waals surface area contributed by atoms with Gasteiger partial charge in [0.05, 0.1) is 25.0 Å². The highest BCUT2D eigenvalue weighted by Crippen LogP contribution is 2.16. The van der Waals surface area contributed by atoms with Gasteiger partial charge in [-0.05, 0) is 48.1 Å². The number of carbonyl (C=O) groups is 1. The van der Waals surface area contributed by atoms with Crippen molar-refractivity contribution in [2.24, 2.45) is 0 Å². The molecule has 2 aromatic carbocycles. The van der Waals surface area contributed by atoms with Gasteiger partial charge < -0.3 is 24.9 Å². The molecule has 0 saturated carbocycles. The molecular formula is C28H38N4O6S. The number of carbonyl (C=O) groups excluding carboxylic acids is 1. The second-order valence-electron chi connectivity index (χ2n) is 9.41. The molecule has 3 aromatic rings. The van der Waals surface area contributed by atoms with E-state index < -0.39 is 28.1 Å². The zero-order chi connectivity index (χ0) is 28.3. The zero-order valence-electron chi connectivity index (χ0n) is 22.6. The van der Waals surface area contributed by atoms with Gasteiger partial charge in [0.2, 0.25) is 10.0 Å². The molecule has 0 radical (unpaired) electrons. The molecule has 0 aliphatic rings. The number of benzene rings is 2. The van der Waals surface area contributed by atoms with Crippen molar-refractivity contribution in [2.45, 2.75) is 58.2 Å². The highest BCUT2D eigenvalue weighted by molar-refractivity contribution is 7.91. The van der Waals surface area contributed by atoms with Crippen LogP contribution in [-0.2, 0) is 29.4 Å². The average Bonchev–Trinajstić information content (AvgIpc) is 3.36. The highest BCUT2D eigenvalue weighted by atomic mass is 32.2. The molecule has 0 fully saturated rings. The molecule has 1 aromatic heterocycles. The maximum absolute atomic E-state index is 12.9. The Morgan fingerprint density at radius 1 is 1.10 bits per heavy atom. The fourth-order valence-electron chi connectivity index (χ4n) is 3.89. The Bertz CT molecular complexity index is 1290. The van der Waals surface area contributed by atoms with E-state index >= 15 is 0 Å². The Balaban J connectivity index is 1.68. The van der Waals surface area contributed by atoms with Gasteiger partial charge in [-0.3, -0.25) is 4.79 Å². The number of aromatic nitrogens is 1. The number of anilines is 1. The molecule has 39 heavy (non-hydrogen) atoms. The summed E-state index contributed by atoms with van der Waals surface area (Å²) in [5.41, 5.74) is 3.13. The van der Waals surface area contributed by atoms with Gasteiger partial charge in [-0.15, -0.1) is 0 Å². The Kier molecular flexibility index (Phi) is 11.3. The van der Waals surface area contributed by atoms with E-state index in [0.717, 1.165) is 48.7 Å². The van der Waals surface area contributed by atoms with Crippen molar-refractivity contribution in [2.75, 3.05) is 24.1 Å². The number of rotatable bonds is 16. The maximum atomic E-state index is 12.9. The minimum Gasteiger partial charge on any atom is -0.494 e. The van der Waals surface area contributed by atoms with E-state index in [-0.39, 0.29) is 18.3 Å². The number of aliphatic hydroxyl groups is 1. The average molecular weight is 559 g/mol. The largest absolute Gasteiger partial charge is 0.494 e. The number of ether oxygens (including phenoxy) is 1. The SMILES string of the molecule is CCCCOc1ccc(C[C@H](NC(=O)c2coc(NS(C)(=O)=O)n2)[C@@H](O)CNCc2cccc(CC)c2)cc1. The number of oxazole rings is 1. The van der Waals surface area contributed by atoms with Crippen LogP contribution in [-0.4, -0.2) is 56.0 Å². The van der Waals surface area contributed by atoms with Gasteiger partial charge in [0.1, 0.15) is 12.0 Å². The van der Waals surface area contributed by atoms with Crippen molar-refractivity contribution in [3.63, 3.8) is 0 Å². The van der Waals surface area contributed by atoms with Gasteiger partial charge in [-0.2, -0.15) is 4.98 Å². The van der Waals surface area contributed by atoms with Gasteiger partial charge >= 0.3 is 6.01 Å². The summed E-state index contributed by atoms with van der Waals surface area (Å²) in [6.07, 6.45) is 4.40. The summed E-state index contributed by atoms with van der Waals surface area (Å²) < 4.78 is 35.7. The quantitative estimate of drug-likeness (QED) is 0.196. The van der Waals surface area contributed by atoms with Crippen LogP contribution in [0.3, 0.4) is 0 Å². The van der Waals surface area contributed by atoms with E-state index in [0.29, 0.717) is 19.6 Å². The summed E-state index contributed by atoms with van der Waals surface area (Å²) in [6, 6.07) is 14.8. The van der Waals surface area contributed by atoms with Crippen LogP contribution in [0, 0.1) is 0 Å². The maximum Gasteiger partial charge on any atom is 0.309 e. The molecule has 0 saturated heterocycles. The molecule has 11 heteroatoms. The summed E-state index contributed by atoms with van der Waals surface area (Å²) in [6.45, 7) is 5.65. The number of hydrogen-bond donors (Lipinski definition) is 4. The molecule has 1 heterocycles. The van der Waals surface area contributed by atoms with E-state index in [2.05, 4.69) is 46.3 Å². The van der Waals surface area contributed by atoms with E-state index in [4.69, 9.17) is 9.15 Å². The first-order valence-electron chi connectivity index (χ1n) is 13.1. The Labute approximate surface area is 230 Å². The van der Waals surface area contributed by atoms with Gasteiger partial charge in [-0.1, -0.05) is 56.7 Å². The first-order chi connectivity index (χ1) is 18.7. The van der Waals surface area contributed by atoms with Crippen LogP contribution in [0.1, 0.15) is 53.9 Å². The Morgan fingerprint density at radius 2 is 1.85 bits per heavy atom. The number of hydrogen-bond acceptors (Lipinski definition) is 8. The second-order valence-corrected chi connectivity index (χ2v) is 11.2. The predicted octanol–water partition coefficient (Wildman–Crippen LogP) is 3.28. The van der Waals surface area contributed by atoms with Crippen LogP contribution < -0.4 is 20.1 Å². The van der Waals surface area contributed by atoms with E-state index in [9.17, 15) is 18.3 Å². The molecule has 0 spiro atoms. The smallest absolute Gasteiger partial charge is 0.309 e. The van der Waals surface area contributed by atoms with Crippen LogP contribution >= 0.6 is 0 Å². The minimum absolute atomic E-state index is 0.109. The molecule has 3 rings (SSSR count). The van der Waals surface area contributed by atoms with Crippen molar-refractivity contribution in [3.8, 4) is 5.75 Å². The fourth-order valence-corrected chi connectivity index (χ4v) is 4.30. The number of aryl methyl sites for hydroxylation is 1. The van der Waals surface area contributed by atoms with Crippen LogP contribution in [0.25, 0.3) is 0 Å². The van der Waals surface area contributed by atoms with Crippen molar-refractivity contribution in [1.29, 1.82) is 0 Å². The summed E-state index contributed by atoms with van der Waals surface area (Å²) in [7, 11) is -3.61. The topological polar surface area (TPSA) is 143 Å². The molecule has 1 amide bonds. The third-order valence-corrected chi connectivity index (χ3v) is 6.56. The zero-order valence-corrected chi connectivity index (χ0v) is 23.5. The molecule has 10 nitrogen and oxygen atoms in total. The third-order valence-electron chi connectivity index (χ3n) is 6.02. The third kappa shape index (κ3) is 10.3. The number of unbranched alkanes of at least 4 members (excludes halogenated alkanes) is 1. The first kappa shape index (κ1) is 30.1. The first-order valence-corrected chi connectivity index (χ1v) is 15.0. The summed E-state index contributed by atoms with van der Waals surface area (Å²) in [5, 5.41) is 17.2. The Hall–Kier alpha value is -3.41. The van der Waals surface area contributed by atoms with Crippen molar-refractivity contribution in [3.05, 3.63) is 77.2 Å². The normalized spacial score (nSPS) is 13.0. The molecule has 0 aliphatic carbocycles. The molecule has 2 atom stereocenters. The number of aliphatic hydroxyl groups excluding tert-OH is 1. The summed E-state index contributed by atoms with van der Waals surface area (Å²) in [5.74, 6) is 0.164. The molecule has 0 bridgehead atoms. The fraction of sp³-hybridized carbons (Fsp3) is 0.429. The predicted molar refractivity (Wildman–Crippen MR) is 150 cm³/mol. The van der Waals surface area contributed by atoms with Gasteiger partial charge in [0.15, 0.2) is 5.69 Å². The number of sulfonamides is 1. The van der Waals surface area contributed by atoms with E-state index in [1.165, 1.54) is 5.56 Å². The molecule has 4 N–H and O–H groups in total. The van der Waals surface area contributed by atoms with Gasteiger partial charge in [0, 0.05) is 13.1 Å². The molecular weight excluding hydrogens is 520 g/mol. The number of nitrogens with zero attached hydrogens (tertiary/aromatic N) is 1. The molecule has 0 aliphatic heterocycles. The highest BCUT2D eigenvalue weighted by Gasteiger charge is 2.24. The second kappa shape index (κ2) is 14.7. The van der Waals surface area contributed by atoms with Crippen molar-refractivity contribution in [1.82, 2.24) is 15.6 Å². The standard InChI is InChI=1S/C28H38N4O6S/c1-4-6-14-37-23-12-10-21(11-13-23)16-24(26(33)18-29-17-22-9-7-8-20(5-2)15-22)30-27(34)25-19-38-28(31-25)32-39(3,35)36/h7-13,15,19,24,26,29,33H,4-6,14,16-18H2,1-3H3,(H,30,34)(H,31,32)/t24-,26-/m0/s1. The number of amides is 1. The van der Waals surface area contributed by atoms with Crippen molar-refractivity contribution >= 4 is 21.9 Å². The lowest BCUT2D eigenvalue weighted by Crippen LogP contribution is -2.48. The van der Waals surface area contributed by atoms with Crippen LogP contribution in [0.4, 0.5) is 6.01 Å². The Morgan fingerprint density at radius 3 is 2.54 bits per heavy atom. The number of nitrogens with one attached hydrogen (secondary N) is 3. The van der Waals surface area contributed by atoms with Crippen LogP contribution in [0.15, 0.2) is 59.2 Å². The molecule has 0 unspecified atom stereocenters. The monoisotopic (exact) mass is 558 g/mol. The lowest BCUT2D eigenvalue weighted by atomic mass is 10.0. The van der Waals surface area contributed by atoms with Crippen LogP contribution in [0.5, 0.6) is 5.75 Å². The molecule has 212 valence electrons. The van der Waals surface area contributed by atoms with Gasteiger partial charge in [0.25, 0.3) is 5.91 Å². The van der Waals surface area contributed by atoms with E-state index in [1.807, 2.05) is 36.4 Å². The lowest BCUT2D eigenvalue weighted by Gasteiger charge is -2.24. The minimum atomic E-state index is -3.61. The van der Waals surface area contributed by atoms with E-state index in [1.54, 1.807) is 0 Å². The van der Waals surface area contributed by atoms with Crippen LogP contribution in [0.2, 0.25) is 0 Å². The van der Waals surface area contributed by atoms with Gasteiger partial charge in [-0.25, -0.2) is 13.1 Å². The summed E-state index contributed by atoms with van der Waals surface area (Å²) >= 11 is 0.